The van der Waals surface area contributed by atoms with Crippen molar-refractivity contribution in [2.45, 2.75) is 11.3 Å². The molecule has 2 N–H and O–H groups in total. The SMILES string of the molecule is O=C(O)C1(C(=O)O)C=C(S(=O)(=O)c2ccccc2)C=CC1. The standard InChI is InChI=1S/C14H12O6S/c15-12(16)14(13(17)18)8-4-7-11(9-14)21(19,20)10-5-2-1-3-6-10/h1-7,9H,8H2,(H,15,16)(H,17,18). The van der Waals surface area contributed by atoms with E-state index >= 15 is 0 Å². The monoisotopic (exact) mass is 308 g/mol. The molecule has 0 amide bonds. The zero-order chi connectivity index (χ0) is 15.7. The smallest absolute Gasteiger partial charge is 0.325 e. The van der Waals surface area contributed by atoms with Crippen LogP contribution in [0.5, 0.6) is 0 Å². The Morgan fingerprint density at radius 2 is 1.62 bits per heavy atom. The molecule has 0 bridgehead atoms. The minimum absolute atomic E-state index is 0.0209. The summed E-state index contributed by atoms with van der Waals surface area (Å²) < 4.78 is 24.8. The van der Waals surface area contributed by atoms with Gasteiger partial charge in [-0.2, -0.15) is 0 Å². The van der Waals surface area contributed by atoms with Crippen LogP contribution in [0.25, 0.3) is 0 Å². The van der Waals surface area contributed by atoms with E-state index in [9.17, 15) is 18.0 Å². The molecule has 0 heterocycles. The molecule has 110 valence electrons. The van der Waals surface area contributed by atoms with Gasteiger partial charge in [-0.3, -0.25) is 9.59 Å². The van der Waals surface area contributed by atoms with Crippen molar-refractivity contribution in [2.75, 3.05) is 0 Å². The molecule has 0 radical (unpaired) electrons. The number of allylic oxidation sites excluding steroid dienone is 2. The molecule has 1 aromatic rings. The lowest BCUT2D eigenvalue weighted by Gasteiger charge is -2.23. The summed E-state index contributed by atoms with van der Waals surface area (Å²) in [5.41, 5.74) is -2.26. The lowest BCUT2D eigenvalue weighted by Crippen LogP contribution is -2.38. The predicted molar refractivity (Wildman–Crippen MR) is 73.2 cm³/mol. The van der Waals surface area contributed by atoms with Gasteiger partial charge in [0.2, 0.25) is 9.84 Å². The lowest BCUT2D eigenvalue weighted by molar-refractivity contribution is -0.160. The van der Waals surface area contributed by atoms with E-state index in [2.05, 4.69) is 0 Å². The normalized spacial score (nSPS) is 17.0. The molecule has 0 aromatic heterocycles. The van der Waals surface area contributed by atoms with Crippen LogP contribution in [-0.4, -0.2) is 30.6 Å². The van der Waals surface area contributed by atoms with Crippen LogP contribution in [-0.2, 0) is 19.4 Å². The highest BCUT2D eigenvalue weighted by atomic mass is 32.2. The van der Waals surface area contributed by atoms with Gasteiger partial charge in [-0.05, 0) is 30.7 Å². The number of carbonyl (C=O) groups is 2. The van der Waals surface area contributed by atoms with Gasteiger partial charge >= 0.3 is 11.9 Å². The van der Waals surface area contributed by atoms with E-state index in [0.717, 1.165) is 6.08 Å². The Hall–Kier alpha value is -2.41. The second-order valence-corrected chi connectivity index (χ2v) is 6.50. The summed E-state index contributed by atoms with van der Waals surface area (Å²) >= 11 is 0. The minimum atomic E-state index is -3.95. The number of rotatable bonds is 4. The van der Waals surface area contributed by atoms with E-state index in [-0.39, 0.29) is 16.2 Å². The quantitative estimate of drug-likeness (QED) is 0.815. The predicted octanol–water partition coefficient (Wildman–Crippen LogP) is 1.46. The molecule has 1 aliphatic rings. The largest absolute Gasteiger partial charge is 0.480 e. The first-order chi connectivity index (χ1) is 9.80. The molecule has 0 spiro atoms. The van der Waals surface area contributed by atoms with Crippen LogP contribution in [0.2, 0.25) is 0 Å². The molecule has 0 saturated carbocycles. The topological polar surface area (TPSA) is 109 Å². The molecule has 0 fully saturated rings. The molecule has 2 rings (SSSR count). The van der Waals surface area contributed by atoms with E-state index in [0.29, 0.717) is 0 Å². The van der Waals surface area contributed by atoms with Gasteiger partial charge in [0, 0.05) is 0 Å². The Morgan fingerprint density at radius 3 is 2.14 bits per heavy atom. The van der Waals surface area contributed by atoms with E-state index < -0.39 is 27.2 Å². The number of sulfone groups is 1. The molecule has 1 aliphatic carbocycles. The van der Waals surface area contributed by atoms with Crippen LogP contribution in [0.4, 0.5) is 0 Å². The van der Waals surface area contributed by atoms with Crippen molar-refractivity contribution >= 4 is 21.8 Å². The third-order valence-electron chi connectivity index (χ3n) is 3.24. The number of aliphatic carboxylic acids is 2. The summed E-state index contributed by atoms with van der Waals surface area (Å²) in [6, 6.07) is 7.43. The third kappa shape index (κ3) is 2.47. The molecule has 0 atom stereocenters. The Kier molecular flexibility index (Phi) is 3.69. The van der Waals surface area contributed by atoms with Crippen molar-refractivity contribution in [2.24, 2.45) is 5.41 Å². The Balaban J connectivity index is 2.59. The van der Waals surface area contributed by atoms with Crippen LogP contribution >= 0.6 is 0 Å². The van der Waals surface area contributed by atoms with Gasteiger partial charge in [-0.15, -0.1) is 0 Å². The van der Waals surface area contributed by atoms with Crippen LogP contribution in [0.1, 0.15) is 6.42 Å². The maximum absolute atomic E-state index is 12.4. The van der Waals surface area contributed by atoms with Gasteiger partial charge in [0.25, 0.3) is 0 Å². The fraction of sp³-hybridized carbons (Fsp3) is 0.143. The molecule has 0 unspecified atom stereocenters. The number of hydrogen-bond acceptors (Lipinski definition) is 4. The molecule has 21 heavy (non-hydrogen) atoms. The lowest BCUT2D eigenvalue weighted by atomic mass is 9.82. The Morgan fingerprint density at radius 1 is 1.05 bits per heavy atom. The fourth-order valence-electron chi connectivity index (χ4n) is 2.00. The summed E-state index contributed by atoms with van der Waals surface area (Å²) in [4.78, 5) is 22.2. The Bertz CT molecular complexity index is 729. The summed E-state index contributed by atoms with van der Waals surface area (Å²) in [6.45, 7) is 0. The van der Waals surface area contributed by atoms with Gasteiger partial charge in [-0.1, -0.05) is 24.3 Å². The first kappa shape index (κ1) is 15.0. The molecular weight excluding hydrogens is 296 g/mol. The van der Waals surface area contributed by atoms with Crippen molar-refractivity contribution in [3.63, 3.8) is 0 Å². The maximum atomic E-state index is 12.4. The van der Waals surface area contributed by atoms with Crippen LogP contribution in [0.3, 0.4) is 0 Å². The highest BCUT2D eigenvalue weighted by molar-refractivity contribution is 7.95. The van der Waals surface area contributed by atoms with E-state index in [1.165, 1.54) is 36.4 Å². The molecule has 0 saturated heterocycles. The number of carboxylic acids is 2. The van der Waals surface area contributed by atoms with Crippen molar-refractivity contribution in [1.29, 1.82) is 0 Å². The third-order valence-corrected chi connectivity index (χ3v) is 5.00. The van der Waals surface area contributed by atoms with Gasteiger partial charge < -0.3 is 10.2 Å². The summed E-state index contributed by atoms with van der Waals surface area (Å²) in [5.74, 6) is -3.19. The van der Waals surface area contributed by atoms with Crippen molar-refractivity contribution in [1.82, 2.24) is 0 Å². The zero-order valence-electron chi connectivity index (χ0n) is 10.8. The number of benzene rings is 1. The highest BCUT2D eigenvalue weighted by Gasteiger charge is 2.46. The Labute approximate surface area is 121 Å². The first-order valence-corrected chi connectivity index (χ1v) is 7.45. The first-order valence-electron chi connectivity index (χ1n) is 5.97. The van der Waals surface area contributed by atoms with E-state index in [1.54, 1.807) is 6.07 Å². The highest BCUT2D eigenvalue weighted by Crippen LogP contribution is 2.34. The minimum Gasteiger partial charge on any atom is -0.480 e. The average Bonchev–Trinajstić information content (AvgIpc) is 2.47. The van der Waals surface area contributed by atoms with Gasteiger partial charge in [0.15, 0.2) is 5.41 Å². The van der Waals surface area contributed by atoms with Crippen molar-refractivity contribution < 1.29 is 28.2 Å². The van der Waals surface area contributed by atoms with Crippen LogP contribution in [0.15, 0.2) is 58.4 Å². The fourth-order valence-corrected chi connectivity index (χ4v) is 3.42. The summed E-state index contributed by atoms with van der Waals surface area (Å²) in [6.07, 6.45) is 2.97. The van der Waals surface area contributed by atoms with Crippen molar-refractivity contribution in [3.8, 4) is 0 Å². The summed E-state index contributed by atoms with van der Waals surface area (Å²) in [5, 5.41) is 18.3. The summed E-state index contributed by atoms with van der Waals surface area (Å²) in [7, 11) is -3.95. The number of hydrogen-bond donors (Lipinski definition) is 2. The number of carboxylic acid groups (broad SMARTS) is 2. The van der Waals surface area contributed by atoms with E-state index in [1.807, 2.05) is 0 Å². The molecular formula is C14H12O6S. The van der Waals surface area contributed by atoms with Crippen LogP contribution in [0, 0.1) is 5.41 Å². The molecule has 1 aromatic carbocycles. The average molecular weight is 308 g/mol. The van der Waals surface area contributed by atoms with Crippen LogP contribution < -0.4 is 0 Å². The molecule has 7 heteroatoms. The second kappa shape index (κ2) is 5.17. The maximum Gasteiger partial charge on any atom is 0.325 e. The van der Waals surface area contributed by atoms with Gasteiger partial charge in [0.05, 0.1) is 9.80 Å². The zero-order valence-corrected chi connectivity index (χ0v) is 11.6. The van der Waals surface area contributed by atoms with E-state index in [4.69, 9.17) is 10.2 Å². The second-order valence-electron chi connectivity index (χ2n) is 4.55. The van der Waals surface area contributed by atoms with Crippen molar-refractivity contribution in [3.05, 3.63) is 53.5 Å². The van der Waals surface area contributed by atoms with Gasteiger partial charge in [0.1, 0.15) is 0 Å². The van der Waals surface area contributed by atoms with Gasteiger partial charge in [-0.25, -0.2) is 8.42 Å². The molecule has 6 nitrogen and oxygen atoms in total. The molecule has 0 aliphatic heterocycles.